The molecule has 1 saturated heterocycles. The molecule has 5 nitrogen and oxygen atoms in total. The molecule has 0 radical (unpaired) electrons. The maximum absolute atomic E-state index is 8.81. The number of nitrogens with one attached hydrogen (secondary N) is 1. The van der Waals surface area contributed by atoms with Crippen molar-refractivity contribution >= 4 is 5.96 Å². The van der Waals surface area contributed by atoms with Crippen LogP contribution in [0.2, 0.25) is 0 Å². The fourth-order valence-electron chi connectivity index (χ4n) is 2.66. The number of likely N-dealkylation sites (tertiary alicyclic amines) is 1. The van der Waals surface area contributed by atoms with Crippen molar-refractivity contribution in [3.8, 4) is 6.07 Å². The minimum Gasteiger partial charge on any atom is -0.381 e. The monoisotopic (exact) mass is 300 g/mol. The predicted molar refractivity (Wildman–Crippen MR) is 87.5 cm³/mol. The van der Waals surface area contributed by atoms with Gasteiger partial charge in [-0.25, -0.2) is 0 Å². The van der Waals surface area contributed by atoms with Crippen LogP contribution >= 0.6 is 0 Å². The molecule has 1 heterocycles. The highest BCUT2D eigenvalue weighted by Crippen LogP contribution is 2.16. The average molecular weight is 300 g/mol. The lowest BCUT2D eigenvalue weighted by molar-refractivity contribution is 0.114. The molecule has 1 atom stereocenters. The van der Waals surface area contributed by atoms with E-state index in [0.717, 1.165) is 44.2 Å². The van der Waals surface area contributed by atoms with Crippen LogP contribution in [0.25, 0.3) is 0 Å². The third-order valence-electron chi connectivity index (χ3n) is 3.89. The Bertz CT molecular complexity index is 533. The van der Waals surface area contributed by atoms with Gasteiger partial charge in [-0.2, -0.15) is 5.26 Å². The predicted octanol–water partition coefficient (Wildman–Crippen LogP) is 1.99. The summed E-state index contributed by atoms with van der Waals surface area (Å²) in [5, 5.41) is 12.2. The number of benzene rings is 1. The molecule has 0 aromatic heterocycles. The highest BCUT2D eigenvalue weighted by molar-refractivity contribution is 5.80. The zero-order valence-corrected chi connectivity index (χ0v) is 13.4. The van der Waals surface area contributed by atoms with E-state index in [0.29, 0.717) is 18.0 Å². The van der Waals surface area contributed by atoms with Gasteiger partial charge in [-0.05, 0) is 31.0 Å². The van der Waals surface area contributed by atoms with E-state index in [9.17, 15) is 0 Å². The molecule has 1 fully saturated rings. The van der Waals surface area contributed by atoms with E-state index in [4.69, 9.17) is 10.00 Å². The molecule has 1 unspecified atom stereocenters. The van der Waals surface area contributed by atoms with Gasteiger partial charge in [-0.15, -0.1) is 0 Å². The van der Waals surface area contributed by atoms with E-state index in [1.807, 2.05) is 38.2 Å². The summed E-state index contributed by atoms with van der Waals surface area (Å²) in [7, 11) is 1.82. The summed E-state index contributed by atoms with van der Waals surface area (Å²) in [6.45, 7) is 6.37. The second-order valence-corrected chi connectivity index (χ2v) is 5.47. The zero-order chi connectivity index (χ0) is 15.8. The van der Waals surface area contributed by atoms with Gasteiger partial charge in [0.05, 0.1) is 18.2 Å². The summed E-state index contributed by atoms with van der Waals surface area (Å²) in [4.78, 5) is 6.66. The first-order chi connectivity index (χ1) is 10.8. The fraction of sp³-hybridized carbons (Fsp3) is 0.529. The van der Waals surface area contributed by atoms with Crippen LogP contribution < -0.4 is 5.32 Å². The Hall–Kier alpha value is -2.06. The quantitative estimate of drug-likeness (QED) is 0.667. The number of guanidine groups is 1. The summed E-state index contributed by atoms with van der Waals surface area (Å²) >= 11 is 0. The molecule has 2 rings (SSSR count). The molecule has 118 valence electrons. The minimum atomic E-state index is 0.591. The van der Waals surface area contributed by atoms with E-state index >= 15 is 0 Å². The van der Waals surface area contributed by atoms with Crippen molar-refractivity contribution in [1.82, 2.24) is 10.2 Å². The summed E-state index contributed by atoms with van der Waals surface area (Å²) in [6.07, 6.45) is 1.15. The van der Waals surface area contributed by atoms with E-state index in [1.165, 1.54) is 0 Å². The van der Waals surface area contributed by atoms with Crippen molar-refractivity contribution in [1.29, 1.82) is 5.26 Å². The molecule has 0 spiro atoms. The van der Waals surface area contributed by atoms with Crippen molar-refractivity contribution in [2.24, 2.45) is 10.9 Å². The van der Waals surface area contributed by atoms with Gasteiger partial charge in [0, 0.05) is 39.2 Å². The highest BCUT2D eigenvalue weighted by Gasteiger charge is 2.24. The molecule has 1 aliphatic rings. The normalized spacial score (nSPS) is 18.3. The van der Waals surface area contributed by atoms with Crippen LogP contribution in [0.5, 0.6) is 0 Å². The second kappa shape index (κ2) is 8.40. The summed E-state index contributed by atoms with van der Waals surface area (Å²) < 4.78 is 5.52. The number of ether oxygens (including phenoxy) is 1. The SMILES string of the molecule is CCOCC1CCN(C(=NC)NCc2ccc(C#N)cc2)C1. The van der Waals surface area contributed by atoms with Crippen LogP contribution in [0.4, 0.5) is 0 Å². The minimum absolute atomic E-state index is 0.591. The molecular formula is C17H24N4O. The van der Waals surface area contributed by atoms with Crippen LogP contribution in [0.1, 0.15) is 24.5 Å². The van der Waals surface area contributed by atoms with E-state index in [1.54, 1.807) is 0 Å². The van der Waals surface area contributed by atoms with Crippen molar-refractivity contribution in [2.75, 3.05) is 33.4 Å². The molecule has 0 amide bonds. The van der Waals surface area contributed by atoms with Gasteiger partial charge in [0.25, 0.3) is 0 Å². The van der Waals surface area contributed by atoms with Crippen LogP contribution in [-0.2, 0) is 11.3 Å². The third-order valence-corrected chi connectivity index (χ3v) is 3.89. The summed E-state index contributed by atoms with van der Waals surface area (Å²) in [6, 6.07) is 9.76. The molecule has 1 aromatic carbocycles. The van der Waals surface area contributed by atoms with Crippen molar-refractivity contribution in [3.05, 3.63) is 35.4 Å². The smallest absolute Gasteiger partial charge is 0.193 e. The van der Waals surface area contributed by atoms with Gasteiger partial charge in [0.2, 0.25) is 0 Å². The lowest BCUT2D eigenvalue weighted by Gasteiger charge is -2.21. The summed E-state index contributed by atoms with van der Waals surface area (Å²) in [5.41, 5.74) is 1.83. The average Bonchev–Trinajstić information content (AvgIpc) is 3.03. The molecule has 5 heteroatoms. The Balaban J connectivity index is 1.84. The fourth-order valence-corrected chi connectivity index (χ4v) is 2.66. The molecule has 1 N–H and O–H groups in total. The lowest BCUT2D eigenvalue weighted by atomic mass is 10.1. The molecule has 22 heavy (non-hydrogen) atoms. The Morgan fingerprint density at radius 1 is 1.45 bits per heavy atom. The highest BCUT2D eigenvalue weighted by atomic mass is 16.5. The maximum Gasteiger partial charge on any atom is 0.193 e. The molecule has 1 aliphatic heterocycles. The molecule has 0 aliphatic carbocycles. The number of aliphatic imine (C=N–C) groups is 1. The Morgan fingerprint density at radius 2 is 2.23 bits per heavy atom. The van der Waals surface area contributed by atoms with Gasteiger partial charge in [0.1, 0.15) is 0 Å². The van der Waals surface area contributed by atoms with Crippen LogP contribution in [0.15, 0.2) is 29.3 Å². The lowest BCUT2D eigenvalue weighted by Crippen LogP contribution is -2.39. The van der Waals surface area contributed by atoms with Gasteiger partial charge < -0.3 is 15.0 Å². The number of nitriles is 1. The van der Waals surface area contributed by atoms with Crippen molar-refractivity contribution < 1.29 is 4.74 Å². The third kappa shape index (κ3) is 4.47. The number of hydrogen-bond acceptors (Lipinski definition) is 3. The van der Waals surface area contributed by atoms with Crippen molar-refractivity contribution in [2.45, 2.75) is 19.9 Å². The van der Waals surface area contributed by atoms with E-state index < -0.39 is 0 Å². The number of nitrogens with zero attached hydrogens (tertiary/aromatic N) is 3. The van der Waals surface area contributed by atoms with E-state index in [2.05, 4.69) is 21.3 Å². The van der Waals surface area contributed by atoms with Gasteiger partial charge in [-0.3, -0.25) is 4.99 Å². The topological polar surface area (TPSA) is 60.6 Å². The van der Waals surface area contributed by atoms with Gasteiger partial charge in [0.15, 0.2) is 5.96 Å². The van der Waals surface area contributed by atoms with Crippen LogP contribution in [0, 0.1) is 17.2 Å². The first-order valence-corrected chi connectivity index (χ1v) is 7.79. The summed E-state index contributed by atoms with van der Waals surface area (Å²) in [5.74, 6) is 1.52. The van der Waals surface area contributed by atoms with Crippen LogP contribution in [-0.4, -0.2) is 44.2 Å². The van der Waals surface area contributed by atoms with Crippen LogP contribution in [0.3, 0.4) is 0 Å². The van der Waals surface area contributed by atoms with E-state index in [-0.39, 0.29) is 0 Å². The second-order valence-electron chi connectivity index (χ2n) is 5.47. The number of hydrogen-bond donors (Lipinski definition) is 1. The van der Waals surface area contributed by atoms with Gasteiger partial charge in [-0.1, -0.05) is 12.1 Å². The zero-order valence-electron chi connectivity index (χ0n) is 13.4. The van der Waals surface area contributed by atoms with Gasteiger partial charge >= 0.3 is 0 Å². The number of rotatable bonds is 5. The largest absolute Gasteiger partial charge is 0.381 e. The Kier molecular flexibility index (Phi) is 6.23. The Labute approximate surface area is 132 Å². The first kappa shape index (κ1) is 16.3. The molecule has 0 saturated carbocycles. The first-order valence-electron chi connectivity index (χ1n) is 7.79. The van der Waals surface area contributed by atoms with Crippen molar-refractivity contribution in [3.63, 3.8) is 0 Å². The maximum atomic E-state index is 8.81. The Morgan fingerprint density at radius 3 is 2.86 bits per heavy atom. The molecule has 0 bridgehead atoms. The molecular weight excluding hydrogens is 276 g/mol. The standard InChI is InChI=1S/C17H24N4O/c1-3-22-13-16-8-9-21(12-16)17(19-2)20-11-15-6-4-14(10-18)5-7-15/h4-7,16H,3,8-9,11-13H2,1-2H3,(H,19,20). The molecule has 1 aromatic rings.